The molecule has 3 aromatic heterocycles. The van der Waals surface area contributed by atoms with Crippen LogP contribution in [-0.4, -0.2) is 24.9 Å². The molecule has 1 fully saturated rings. The van der Waals surface area contributed by atoms with Gasteiger partial charge in [0.1, 0.15) is 5.82 Å². The van der Waals surface area contributed by atoms with Crippen molar-refractivity contribution in [3.63, 3.8) is 0 Å². The minimum Gasteiger partial charge on any atom is -0.383 e. The van der Waals surface area contributed by atoms with Gasteiger partial charge in [-0.3, -0.25) is 4.68 Å². The number of aromatic nitrogens is 5. The summed E-state index contributed by atoms with van der Waals surface area (Å²) in [6.07, 6.45) is 12.0. The van der Waals surface area contributed by atoms with Crippen LogP contribution >= 0.6 is 0 Å². The van der Waals surface area contributed by atoms with E-state index >= 15 is 0 Å². The lowest BCUT2D eigenvalue weighted by atomic mass is 9.96. The first-order valence-corrected chi connectivity index (χ1v) is 9.97. The highest BCUT2D eigenvalue weighted by Gasteiger charge is 2.18. The van der Waals surface area contributed by atoms with Gasteiger partial charge in [0, 0.05) is 29.1 Å². The van der Waals surface area contributed by atoms with E-state index in [2.05, 4.69) is 31.1 Å². The largest absolute Gasteiger partial charge is 0.383 e. The summed E-state index contributed by atoms with van der Waals surface area (Å²) in [5.74, 6) is 1.24. The first-order valence-electron chi connectivity index (χ1n) is 9.97. The molecule has 146 valence electrons. The first-order chi connectivity index (χ1) is 14.3. The molecule has 2 N–H and O–H groups in total. The fourth-order valence-corrected chi connectivity index (χ4v) is 3.87. The molecule has 5 rings (SSSR count). The molecular formula is C22H22N6O. The van der Waals surface area contributed by atoms with Crippen molar-refractivity contribution in [1.82, 2.24) is 24.9 Å². The van der Waals surface area contributed by atoms with Gasteiger partial charge in [0.15, 0.2) is 0 Å². The van der Waals surface area contributed by atoms with Crippen molar-refractivity contribution in [2.24, 2.45) is 0 Å². The Hall–Kier alpha value is -3.48. The lowest BCUT2D eigenvalue weighted by Gasteiger charge is -2.21. The lowest BCUT2D eigenvalue weighted by Crippen LogP contribution is -2.12. The summed E-state index contributed by atoms with van der Waals surface area (Å²) in [5.41, 5.74) is 9.56. The molecule has 0 aliphatic heterocycles. The second-order valence-corrected chi connectivity index (χ2v) is 7.45. The molecule has 29 heavy (non-hydrogen) atoms. The minimum atomic E-state index is 0.357. The molecule has 1 aromatic carbocycles. The van der Waals surface area contributed by atoms with Crippen molar-refractivity contribution in [2.75, 3.05) is 5.73 Å². The molecule has 7 heteroatoms. The fraction of sp³-hybridized carbons (Fsp3) is 0.273. The Morgan fingerprint density at radius 1 is 0.966 bits per heavy atom. The second-order valence-electron chi connectivity index (χ2n) is 7.45. The topological polar surface area (TPSA) is 95.7 Å². The van der Waals surface area contributed by atoms with E-state index in [-0.39, 0.29) is 0 Å². The van der Waals surface area contributed by atoms with Crippen LogP contribution in [0.15, 0.2) is 59.5 Å². The Kier molecular flexibility index (Phi) is 4.56. The standard InChI is InChI=1S/C22H22N6O/c23-20-19(22-26-21(27-29-22)15-7-3-1-4-8-15)11-16(12-24-20)17-13-25-28(14-17)18-9-5-2-6-10-18/h1,3-4,7-8,11-14,18H,2,5-6,9-10H2,(H2,23,24). The summed E-state index contributed by atoms with van der Waals surface area (Å²) >= 11 is 0. The van der Waals surface area contributed by atoms with Gasteiger partial charge in [0.25, 0.3) is 5.89 Å². The molecule has 1 aliphatic carbocycles. The third-order valence-corrected chi connectivity index (χ3v) is 5.49. The summed E-state index contributed by atoms with van der Waals surface area (Å²) < 4.78 is 7.56. The predicted molar refractivity (Wildman–Crippen MR) is 111 cm³/mol. The highest BCUT2D eigenvalue weighted by atomic mass is 16.5. The number of nitrogen functional groups attached to an aromatic ring is 1. The van der Waals surface area contributed by atoms with Crippen LogP contribution in [0.3, 0.4) is 0 Å². The molecule has 0 radical (unpaired) electrons. The predicted octanol–water partition coefficient (Wildman–Crippen LogP) is 4.75. The number of hydrogen-bond acceptors (Lipinski definition) is 6. The van der Waals surface area contributed by atoms with Gasteiger partial charge in [-0.1, -0.05) is 54.8 Å². The van der Waals surface area contributed by atoms with Crippen LogP contribution in [0.2, 0.25) is 0 Å². The van der Waals surface area contributed by atoms with E-state index < -0.39 is 0 Å². The molecule has 7 nitrogen and oxygen atoms in total. The van der Waals surface area contributed by atoms with Crippen LogP contribution in [0, 0.1) is 0 Å². The van der Waals surface area contributed by atoms with Crippen LogP contribution in [-0.2, 0) is 0 Å². The Morgan fingerprint density at radius 2 is 1.79 bits per heavy atom. The minimum absolute atomic E-state index is 0.357. The molecule has 1 saturated carbocycles. The van der Waals surface area contributed by atoms with Gasteiger partial charge >= 0.3 is 0 Å². The third kappa shape index (κ3) is 3.51. The van der Waals surface area contributed by atoms with Gasteiger partial charge in [-0.25, -0.2) is 4.98 Å². The van der Waals surface area contributed by atoms with E-state index in [4.69, 9.17) is 10.3 Å². The van der Waals surface area contributed by atoms with Crippen molar-refractivity contribution in [3.05, 3.63) is 55.0 Å². The summed E-state index contributed by atoms with van der Waals surface area (Å²) in [7, 11) is 0. The van der Waals surface area contributed by atoms with Crippen molar-refractivity contribution < 1.29 is 4.52 Å². The van der Waals surface area contributed by atoms with Gasteiger partial charge in [-0.2, -0.15) is 10.1 Å². The highest BCUT2D eigenvalue weighted by Crippen LogP contribution is 2.32. The maximum atomic E-state index is 6.11. The number of rotatable bonds is 4. The van der Waals surface area contributed by atoms with E-state index in [1.807, 2.05) is 42.6 Å². The van der Waals surface area contributed by atoms with Gasteiger partial charge in [-0.15, -0.1) is 0 Å². The van der Waals surface area contributed by atoms with E-state index in [0.717, 1.165) is 16.7 Å². The number of anilines is 1. The summed E-state index contributed by atoms with van der Waals surface area (Å²) in [6.45, 7) is 0. The van der Waals surface area contributed by atoms with Crippen molar-refractivity contribution in [1.29, 1.82) is 0 Å². The van der Waals surface area contributed by atoms with Gasteiger partial charge in [-0.05, 0) is 18.9 Å². The Bertz CT molecular complexity index is 1110. The number of pyridine rings is 1. The van der Waals surface area contributed by atoms with Gasteiger partial charge in [0.05, 0.1) is 17.8 Å². The quantitative estimate of drug-likeness (QED) is 0.544. The average Bonchev–Trinajstić information content (AvgIpc) is 3.46. The molecule has 0 atom stereocenters. The SMILES string of the molecule is Nc1ncc(-c2cnn(C3CCCCC3)c2)cc1-c1nc(-c2ccccc2)no1. The third-order valence-electron chi connectivity index (χ3n) is 5.49. The van der Waals surface area contributed by atoms with Crippen molar-refractivity contribution in [2.45, 2.75) is 38.1 Å². The summed E-state index contributed by atoms with van der Waals surface area (Å²) in [4.78, 5) is 8.85. The zero-order valence-electron chi connectivity index (χ0n) is 16.0. The summed E-state index contributed by atoms with van der Waals surface area (Å²) in [6, 6.07) is 12.1. The molecule has 3 heterocycles. The van der Waals surface area contributed by atoms with Crippen molar-refractivity contribution in [3.8, 4) is 34.0 Å². The van der Waals surface area contributed by atoms with Crippen LogP contribution in [0.25, 0.3) is 34.0 Å². The lowest BCUT2D eigenvalue weighted by molar-refractivity contribution is 0.329. The molecule has 0 saturated heterocycles. The zero-order chi connectivity index (χ0) is 19.6. The smallest absolute Gasteiger partial charge is 0.262 e. The fourth-order valence-electron chi connectivity index (χ4n) is 3.87. The molecule has 0 bridgehead atoms. The maximum absolute atomic E-state index is 6.11. The molecule has 0 spiro atoms. The number of nitrogens with zero attached hydrogens (tertiary/aromatic N) is 5. The molecular weight excluding hydrogens is 364 g/mol. The number of hydrogen-bond donors (Lipinski definition) is 1. The van der Waals surface area contributed by atoms with E-state index in [1.54, 1.807) is 6.20 Å². The second kappa shape index (κ2) is 7.50. The van der Waals surface area contributed by atoms with Gasteiger partial charge in [0.2, 0.25) is 5.82 Å². The Balaban J connectivity index is 1.45. The first kappa shape index (κ1) is 17.6. The average molecular weight is 386 g/mol. The normalized spacial score (nSPS) is 14.9. The van der Waals surface area contributed by atoms with Crippen molar-refractivity contribution >= 4 is 5.82 Å². The molecule has 1 aliphatic rings. The Labute approximate surface area is 168 Å². The zero-order valence-corrected chi connectivity index (χ0v) is 16.0. The van der Waals surface area contributed by atoms with E-state index in [1.165, 1.54) is 32.1 Å². The van der Waals surface area contributed by atoms with Gasteiger partial charge < -0.3 is 10.3 Å². The van der Waals surface area contributed by atoms with E-state index in [9.17, 15) is 0 Å². The number of nitrogens with two attached hydrogens (primary N) is 1. The van der Waals surface area contributed by atoms with Crippen LogP contribution in [0.1, 0.15) is 38.1 Å². The molecule has 0 amide bonds. The van der Waals surface area contributed by atoms with Crippen LogP contribution < -0.4 is 5.73 Å². The van der Waals surface area contributed by atoms with Crippen LogP contribution in [0.5, 0.6) is 0 Å². The monoisotopic (exact) mass is 386 g/mol. The maximum Gasteiger partial charge on any atom is 0.262 e. The Morgan fingerprint density at radius 3 is 2.62 bits per heavy atom. The molecule has 4 aromatic rings. The summed E-state index contributed by atoms with van der Waals surface area (Å²) in [5, 5.41) is 8.68. The molecule has 0 unspecified atom stereocenters. The highest BCUT2D eigenvalue weighted by molar-refractivity contribution is 5.75. The van der Waals surface area contributed by atoms with Crippen LogP contribution in [0.4, 0.5) is 5.82 Å². The van der Waals surface area contributed by atoms with E-state index in [0.29, 0.717) is 29.1 Å². The number of benzene rings is 1.